The Hall–Kier alpha value is -3.74. The Labute approximate surface area is 183 Å². The van der Waals surface area contributed by atoms with Crippen molar-refractivity contribution in [2.75, 3.05) is 5.73 Å². The molecule has 0 saturated heterocycles. The fourth-order valence-electron chi connectivity index (χ4n) is 3.52. The van der Waals surface area contributed by atoms with E-state index in [2.05, 4.69) is 4.98 Å². The smallest absolute Gasteiger partial charge is 0.165 e. The average Bonchev–Trinajstić information content (AvgIpc) is 3.18. The highest BCUT2D eigenvalue weighted by molar-refractivity contribution is 6.30. The number of aliphatic hydroxyl groups is 1. The van der Waals surface area contributed by atoms with Gasteiger partial charge in [0.15, 0.2) is 11.5 Å². The molecule has 5 aromatic rings. The standard InChI is InChI=1S/C24H18ClN5O/c25-17-7-5-16(6-8-17)20-11-12-21-24(28-20)30(18-9-3-15(14-31)4-10-18)23(29-21)19-2-1-13-27-22(19)26/h1-13,31H,14H2,(H2,26,27). The van der Waals surface area contributed by atoms with Gasteiger partial charge in [0, 0.05) is 22.5 Å². The van der Waals surface area contributed by atoms with Gasteiger partial charge in [-0.2, -0.15) is 0 Å². The van der Waals surface area contributed by atoms with Crippen LogP contribution in [0.2, 0.25) is 5.02 Å². The number of anilines is 1. The Morgan fingerprint density at radius 3 is 2.39 bits per heavy atom. The highest BCUT2D eigenvalue weighted by atomic mass is 35.5. The van der Waals surface area contributed by atoms with Gasteiger partial charge in [0.1, 0.15) is 11.3 Å². The molecule has 31 heavy (non-hydrogen) atoms. The molecule has 0 unspecified atom stereocenters. The molecule has 0 fully saturated rings. The summed E-state index contributed by atoms with van der Waals surface area (Å²) in [5.74, 6) is 1.04. The number of fused-ring (bicyclic) bond motifs is 1. The van der Waals surface area contributed by atoms with Crippen molar-refractivity contribution in [3.63, 3.8) is 0 Å². The molecule has 0 saturated carbocycles. The van der Waals surface area contributed by atoms with Crippen LogP contribution in [0.3, 0.4) is 0 Å². The molecule has 0 aliphatic heterocycles. The van der Waals surface area contributed by atoms with Gasteiger partial charge in [-0.1, -0.05) is 35.9 Å². The van der Waals surface area contributed by atoms with Crippen LogP contribution in [0.15, 0.2) is 79.0 Å². The van der Waals surface area contributed by atoms with Gasteiger partial charge in [-0.15, -0.1) is 0 Å². The monoisotopic (exact) mass is 427 g/mol. The van der Waals surface area contributed by atoms with E-state index in [1.54, 1.807) is 6.20 Å². The molecule has 2 aromatic carbocycles. The second-order valence-electron chi connectivity index (χ2n) is 7.08. The molecule has 3 N–H and O–H groups in total. The van der Waals surface area contributed by atoms with E-state index in [-0.39, 0.29) is 6.61 Å². The number of imidazole rings is 1. The number of pyridine rings is 2. The molecule has 0 atom stereocenters. The van der Waals surface area contributed by atoms with Crippen LogP contribution in [0.1, 0.15) is 5.56 Å². The molecule has 152 valence electrons. The first-order chi connectivity index (χ1) is 15.1. The van der Waals surface area contributed by atoms with E-state index >= 15 is 0 Å². The molecule has 5 rings (SSSR count). The van der Waals surface area contributed by atoms with Crippen LogP contribution in [0.4, 0.5) is 5.82 Å². The van der Waals surface area contributed by atoms with Gasteiger partial charge in [-0.3, -0.25) is 4.57 Å². The Bertz CT molecular complexity index is 1380. The zero-order valence-corrected chi connectivity index (χ0v) is 17.2. The lowest BCUT2D eigenvalue weighted by atomic mass is 10.1. The van der Waals surface area contributed by atoms with E-state index in [0.717, 1.165) is 33.6 Å². The summed E-state index contributed by atoms with van der Waals surface area (Å²) in [4.78, 5) is 14.0. The van der Waals surface area contributed by atoms with Gasteiger partial charge in [0.2, 0.25) is 0 Å². The SMILES string of the molecule is Nc1ncccc1-c1nc2ccc(-c3ccc(Cl)cc3)nc2n1-c1ccc(CO)cc1. The molecule has 3 heterocycles. The Morgan fingerprint density at radius 1 is 0.903 bits per heavy atom. The maximum Gasteiger partial charge on any atom is 0.165 e. The van der Waals surface area contributed by atoms with Crippen LogP contribution in [0.5, 0.6) is 0 Å². The second-order valence-corrected chi connectivity index (χ2v) is 7.51. The van der Waals surface area contributed by atoms with Gasteiger partial charge in [0.25, 0.3) is 0 Å². The normalized spacial score (nSPS) is 11.2. The minimum absolute atomic E-state index is 0.0215. The first-order valence-electron chi connectivity index (χ1n) is 9.70. The van der Waals surface area contributed by atoms with E-state index in [0.29, 0.717) is 22.3 Å². The van der Waals surface area contributed by atoms with Crippen molar-refractivity contribution in [2.45, 2.75) is 6.61 Å². The molecule has 0 spiro atoms. The van der Waals surface area contributed by atoms with Gasteiger partial charge < -0.3 is 10.8 Å². The number of nitrogens with zero attached hydrogens (tertiary/aromatic N) is 4. The maximum atomic E-state index is 9.42. The summed E-state index contributed by atoms with van der Waals surface area (Å²) in [6.07, 6.45) is 1.65. The molecule has 0 aliphatic rings. The van der Waals surface area contributed by atoms with Crippen molar-refractivity contribution < 1.29 is 5.11 Å². The zero-order chi connectivity index (χ0) is 21.4. The fourth-order valence-corrected chi connectivity index (χ4v) is 3.65. The lowest BCUT2D eigenvalue weighted by Crippen LogP contribution is -2.02. The van der Waals surface area contributed by atoms with Crippen molar-refractivity contribution in [3.05, 3.63) is 89.6 Å². The third-order valence-corrected chi connectivity index (χ3v) is 5.35. The van der Waals surface area contributed by atoms with Crippen molar-refractivity contribution in [1.29, 1.82) is 0 Å². The van der Waals surface area contributed by atoms with Crippen LogP contribution in [0, 0.1) is 0 Å². The van der Waals surface area contributed by atoms with Crippen LogP contribution in [-0.2, 0) is 6.61 Å². The number of hydrogen-bond acceptors (Lipinski definition) is 5. The summed E-state index contributed by atoms with van der Waals surface area (Å²) in [7, 11) is 0. The minimum atomic E-state index is -0.0215. The lowest BCUT2D eigenvalue weighted by Gasteiger charge is -2.11. The summed E-state index contributed by atoms with van der Waals surface area (Å²) in [6.45, 7) is -0.0215. The Morgan fingerprint density at radius 2 is 1.68 bits per heavy atom. The molecule has 7 heteroatoms. The van der Waals surface area contributed by atoms with Crippen molar-refractivity contribution >= 4 is 28.6 Å². The lowest BCUT2D eigenvalue weighted by molar-refractivity contribution is 0.282. The fraction of sp³-hybridized carbons (Fsp3) is 0.0417. The summed E-state index contributed by atoms with van der Waals surface area (Å²) in [5.41, 5.74) is 11.8. The molecule has 3 aromatic heterocycles. The quantitative estimate of drug-likeness (QED) is 0.426. The summed E-state index contributed by atoms with van der Waals surface area (Å²) < 4.78 is 1.96. The molecular weight excluding hydrogens is 410 g/mol. The number of nitrogen functional groups attached to an aromatic ring is 1. The molecule has 0 radical (unpaired) electrons. The van der Waals surface area contributed by atoms with E-state index < -0.39 is 0 Å². The van der Waals surface area contributed by atoms with Crippen molar-refractivity contribution in [1.82, 2.24) is 19.5 Å². The van der Waals surface area contributed by atoms with Crippen LogP contribution in [0.25, 0.3) is 39.5 Å². The van der Waals surface area contributed by atoms with E-state index in [1.165, 1.54) is 0 Å². The number of aliphatic hydroxyl groups excluding tert-OH is 1. The van der Waals surface area contributed by atoms with Gasteiger partial charge >= 0.3 is 0 Å². The predicted octanol–water partition coefficient (Wildman–Crippen LogP) is 4.88. The van der Waals surface area contributed by atoms with Crippen LogP contribution < -0.4 is 5.73 Å². The Balaban J connectivity index is 1.77. The topological polar surface area (TPSA) is 89.9 Å². The van der Waals surface area contributed by atoms with E-state index in [9.17, 15) is 5.11 Å². The maximum absolute atomic E-state index is 9.42. The molecular formula is C24H18ClN5O. The first kappa shape index (κ1) is 19.2. The summed E-state index contributed by atoms with van der Waals surface area (Å²) in [6, 6.07) is 22.8. The molecule has 0 bridgehead atoms. The highest BCUT2D eigenvalue weighted by Gasteiger charge is 2.18. The summed E-state index contributed by atoms with van der Waals surface area (Å²) in [5, 5.41) is 10.1. The van der Waals surface area contributed by atoms with Gasteiger partial charge in [0.05, 0.1) is 17.9 Å². The number of benzene rings is 2. The molecule has 6 nitrogen and oxygen atoms in total. The van der Waals surface area contributed by atoms with Gasteiger partial charge in [-0.25, -0.2) is 15.0 Å². The third-order valence-electron chi connectivity index (χ3n) is 5.10. The summed E-state index contributed by atoms with van der Waals surface area (Å²) >= 11 is 6.04. The van der Waals surface area contributed by atoms with Crippen LogP contribution in [-0.4, -0.2) is 24.6 Å². The zero-order valence-electron chi connectivity index (χ0n) is 16.4. The minimum Gasteiger partial charge on any atom is -0.392 e. The number of hydrogen-bond donors (Lipinski definition) is 2. The van der Waals surface area contributed by atoms with E-state index in [4.69, 9.17) is 27.3 Å². The number of halogens is 1. The number of nitrogens with two attached hydrogens (primary N) is 1. The molecule has 0 amide bonds. The number of rotatable bonds is 4. The Kier molecular flexibility index (Phi) is 4.86. The largest absolute Gasteiger partial charge is 0.392 e. The third kappa shape index (κ3) is 3.52. The van der Waals surface area contributed by atoms with Crippen LogP contribution >= 0.6 is 11.6 Å². The number of aromatic nitrogens is 4. The highest BCUT2D eigenvalue weighted by Crippen LogP contribution is 2.32. The van der Waals surface area contributed by atoms with Crippen molar-refractivity contribution in [3.8, 4) is 28.3 Å². The molecule has 0 aliphatic carbocycles. The predicted molar refractivity (Wildman–Crippen MR) is 123 cm³/mol. The first-order valence-corrected chi connectivity index (χ1v) is 10.1. The van der Waals surface area contributed by atoms with Crippen molar-refractivity contribution in [2.24, 2.45) is 0 Å². The van der Waals surface area contributed by atoms with E-state index in [1.807, 2.05) is 77.4 Å². The average molecular weight is 428 g/mol. The second kappa shape index (κ2) is 7.83. The van der Waals surface area contributed by atoms with Gasteiger partial charge in [-0.05, 0) is 54.1 Å².